The van der Waals surface area contributed by atoms with Crippen molar-refractivity contribution in [2.24, 2.45) is 11.8 Å². The summed E-state index contributed by atoms with van der Waals surface area (Å²) >= 11 is 0. The first-order chi connectivity index (χ1) is 11.1. The Bertz CT molecular complexity index is 655. The number of rotatable bonds is 10. The molecule has 0 aromatic heterocycles. The lowest BCUT2D eigenvalue weighted by Crippen LogP contribution is -2.26. The van der Waals surface area contributed by atoms with E-state index in [1.165, 1.54) is 18.2 Å². The average Bonchev–Trinajstić information content (AvgIpc) is 2.46. The Morgan fingerprint density at radius 1 is 1.08 bits per heavy atom. The van der Waals surface area contributed by atoms with Crippen LogP contribution in [0.1, 0.15) is 50.9 Å². The monoisotopic (exact) mass is 356 g/mol. The Morgan fingerprint density at radius 2 is 1.67 bits per heavy atom. The first-order valence-electron chi connectivity index (χ1n) is 8.24. The van der Waals surface area contributed by atoms with E-state index >= 15 is 0 Å². The van der Waals surface area contributed by atoms with Crippen LogP contribution in [0.4, 0.5) is 5.69 Å². The molecule has 24 heavy (non-hydrogen) atoms. The molecule has 7 heteroatoms. The highest BCUT2D eigenvalue weighted by Gasteiger charge is 2.18. The predicted molar refractivity (Wildman–Crippen MR) is 96.0 cm³/mol. The van der Waals surface area contributed by atoms with Gasteiger partial charge in [0.25, 0.3) is 0 Å². The molecule has 3 N–H and O–H groups in total. The van der Waals surface area contributed by atoms with E-state index in [4.69, 9.17) is 0 Å². The van der Waals surface area contributed by atoms with E-state index in [0.29, 0.717) is 30.6 Å². The van der Waals surface area contributed by atoms with Gasteiger partial charge < -0.3 is 10.4 Å². The van der Waals surface area contributed by atoms with Crippen LogP contribution in [0.25, 0.3) is 0 Å². The fourth-order valence-corrected chi connectivity index (χ4v) is 3.16. The SMILES string of the molecule is CC(C)CCNc1ccc(S(=O)(=O)NCCC(C)C)cc1C(=O)O. The van der Waals surface area contributed by atoms with Crippen molar-refractivity contribution < 1.29 is 18.3 Å². The van der Waals surface area contributed by atoms with Crippen molar-refractivity contribution in [3.05, 3.63) is 23.8 Å². The first-order valence-corrected chi connectivity index (χ1v) is 9.72. The number of nitrogens with one attached hydrogen (secondary N) is 2. The molecule has 0 atom stereocenters. The highest BCUT2D eigenvalue weighted by atomic mass is 32.2. The summed E-state index contributed by atoms with van der Waals surface area (Å²) in [6.07, 6.45) is 1.62. The minimum atomic E-state index is -3.70. The summed E-state index contributed by atoms with van der Waals surface area (Å²) in [5.74, 6) is -0.272. The highest BCUT2D eigenvalue weighted by molar-refractivity contribution is 7.89. The van der Waals surface area contributed by atoms with Gasteiger partial charge in [0.05, 0.1) is 10.5 Å². The van der Waals surface area contributed by atoms with Crippen LogP contribution >= 0.6 is 0 Å². The van der Waals surface area contributed by atoms with Gasteiger partial charge in [-0.3, -0.25) is 0 Å². The summed E-state index contributed by atoms with van der Waals surface area (Å²) in [4.78, 5) is 11.4. The van der Waals surface area contributed by atoms with Crippen molar-refractivity contribution in [2.45, 2.75) is 45.4 Å². The third-order valence-electron chi connectivity index (χ3n) is 3.58. The van der Waals surface area contributed by atoms with Gasteiger partial charge in [-0.2, -0.15) is 0 Å². The summed E-state index contributed by atoms with van der Waals surface area (Å²) in [6, 6.07) is 4.15. The van der Waals surface area contributed by atoms with E-state index < -0.39 is 16.0 Å². The molecule has 136 valence electrons. The lowest BCUT2D eigenvalue weighted by atomic mass is 10.1. The largest absolute Gasteiger partial charge is 0.478 e. The van der Waals surface area contributed by atoms with E-state index in [9.17, 15) is 18.3 Å². The number of hydrogen-bond donors (Lipinski definition) is 3. The number of hydrogen-bond acceptors (Lipinski definition) is 4. The van der Waals surface area contributed by atoms with Gasteiger partial charge in [0.15, 0.2) is 0 Å². The van der Waals surface area contributed by atoms with E-state index in [0.717, 1.165) is 12.8 Å². The lowest BCUT2D eigenvalue weighted by molar-refractivity contribution is 0.0697. The Kier molecular flexibility index (Phi) is 7.69. The van der Waals surface area contributed by atoms with Gasteiger partial charge in [0, 0.05) is 18.8 Å². The first kappa shape index (κ1) is 20.4. The molecule has 1 aromatic rings. The molecule has 6 nitrogen and oxygen atoms in total. The van der Waals surface area contributed by atoms with Crippen LogP contribution < -0.4 is 10.0 Å². The molecule has 0 fully saturated rings. The van der Waals surface area contributed by atoms with Crippen LogP contribution in [-0.2, 0) is 10.0 Å². The maximum absolute atomic E-state index is 12.3. The Balaban J connectivity index is 2.94. The van der Waals surface area contributed by atoms with E-state index in [2.05, 4.69) is 23.9 Å². The molecule has 0 heterocycles. The second kappa shape index (κ2) is 9.03. The molecular formula is C17H28N2O4S. The lowest BCUT2D eigenvalue weighted by Gasteiger charge is -2.13. The van der Waals surface area contributed by atoms with Crippen LogP contribution in [0.5, 0.6) is 0 Å². The third kappa shape index (κ3) is 6.49. The van der Waals surface area contributed by atoms with Gasteiger partial charge >= 0.3 is 5.97 Å². The van der Waals surface area contributed by atoms with E-state index in [1.54, 1.807) is 0 Å². The number of aromatic carboxylic acids is 1. The molecule has 0 aliphatic rings. The maximum Gasteiger partial charge on any atom is 0.337 e. The highest BCUT2D eigenvalue weighted by Crippen LogP contribution is 2.21. The van der Waals surface area contributed by atoms with Gasteiger partial charge in [0.1, 0.15) is 0 Å². The number of carboxylic acids is 1. The molecule has 0 aliphatic heterocycles. The number of carboxylic acid groups (broad SMARTS) is 1. The van der Waals surface area contributed by atoms with Crippen molar-refractivity contribution in [1.82, 2.24) is 4.72 Å². The van der Waals surface area contributed by atoms with E-state index in [1.807, 2.05) is 13.8 Å². The Labute approximate surface area is 144 Å². The van der Waals surface area contributed by atoms with Gasteiger partial charge in [-0.25, -0.2) is 17.9 Å². The molecular weight excluding hydrogens is 328 g/mol. The molecule has 1 rings (SSSR count). The van der Waals surface area contributed by atoms with Crippen molar-refractivity contribution in [2.75, 3.05) is 18.4 Å². The van der Waals surface area contributed by atoms with Crippen LogP contribution in [0.3, 0.4) is 0 Å². The van der Waals surface area contributed by atoms with Crippen LogP contribution in [0.2, 0.25) is 0 Å². The molecule has 0 bridgehead atoms. The average molecular weight is 356 g/mol. The van der Waals surface area contributed by atoms with Gasteiger partial charge in [-0.1, -0.05) is 27.7 Å². The zero-order valence-corrected chi connectivity index (χ0v) is 15.6. The number of sulfonamides is 1. The molecule has 0 radical (unpaired) electrons. The second-order valence-corrected chi connectivity index (χ2v) is 8.47. The maximum atomic E-state index is 12.3. The summed E-state index contributed by atoms with van der Waals surface area (Å²) in [5, 5.41) is 12.4. The molecule has 0 spiro atoms. The molecule has 0 aliphatic carbocycles. The Hall–Kier alpha value is -1.60. The minimum absolute atomic E-state index is 0.0296. The van der Waals surface area contributed by atoms with Crippen molar-refractivity contribution >= 4 is 21.7 Å². The van der Waals surface area contributed by atoms with Crippen molar-refractivity contribution in [1.29, 1.82) is 0 Å². The topological polar surface area (TPSA) is 95.5 Å². The molecule has 0 unspecified atom stereocenters. The Morgan fingerprint density at radius 3 is 2.21 bits per heavy atom. The molecule has 1 aromatic carbocycles. The van der Waals surface area contributed by atoms with Gasteiger partial charge in [-0.05, 0) is 42.9 Å². The quantitative estimate of drug-likeness (QED) is 0.598. The van der Waals surface area contributed by atoms with Crippen LogP contribution in [0, 0.1) is 11.8 Å². The number of benzene rings is 1. The summed E-state index contributed by atoms with van der Waals surface area (Å²) in [6.45, 7) is 9.15. The fourth-order valence-electron chi connectivity index (χ4n) is 2.08. The third-order valence-corrected chi connectivity index (χ3v) is 5.04. The second-order valence-electron chi connectivity index (χ2n) is 6.70. The van der Waals surface area contributed by atoms with Crippen molar-refractivity contribution in [3.63, 3.8) is 0 Å². The predicted octanol–water partition coefficient (Wildman–Crippen LogP) is 3.17. The number of anilines is 1. The summed E-state index contributed by atoms with van der Waals surface area (Å²) < 4.78 is 27.1. The fraction of sp³-hybridized carbons (Fsp3) is 0.588. The summed E-state index contributed by atoms with van der Waals surface area (Å²) in [7, 11) is -3.70. The van der Waals surface area contributed by atoms with E-state index in [-0.39, 0.29) is 10.5 Å². The molecule has 0 amide bonds. The van der Waals surface area contributed by atoms with Gasteiger partial charge in [0.2, 0.25) is 10.0 Å². The number of carbonyl (C=O) groups is 1. The van der Waals surface area contributed by atoms with Crippen LogP contribution in [0.15, 0.2) is 23.1 Å². The zero-order valence-electron chi connectivity index (χ0n) is 14.8. The van der Waals surface area contributed by atoms with Crippen molar-refractivity contribution in [3.8, 4) is 0 Å². The minimum Gasteiger partial charge on any atom is -0.478 e. The zero-order chi connectivity index (χ0) is 18.3. The van der Waals surface area contributed by atoms with Gasteiger partial charge in [-0.15, -0.1) is 0 Å². The molecule has 0 saturated heterocycles. The van der Waals surface area contributed by atoms with Crippen LogP contribution in [-0.4, -0.2) is 32.6 Å². The summed E-state index contributed by atoms with van der Waals surface area (Å²) in [5.41, 5.74) is 0.398. The smallest absolute Gasteiger partial charge is 0.337 e. The molecule has 0 saturated carbocycles. The normalized spacial score (nSPS) is 11.9. The standard InChI is InChI=1S/C17H28N2O4S/c1-12(2)7-9-18-16-6-5-14(11-15(16)17(20)21)24(22,23)19-10-8-13(3)4/h5-6,11-13,18-19H,7-10H2,1-4H3,(H,20,21).